The van der Waals surface area contributed by atoms with Gasteiger partial charge in [0.25, 0.3) is 0 Å². The molecule has 5 nitrogen and oxygen atoms in total. The van der Waals surface area contributed by atoms with Crippen LogP contribution in [0.2, 0.25) is 0 Å². The first kappa shape index (κ1) is 18.6. The number of hydrogen-bond acceptors (Lipinski definition) is 5. The lowest BCUT2D eigenvalue weighted by Crippen LogP contribution is -2.39. The average Bonchev–Trinajstić information content (AvgIpc) is 2.72. The second-order valence-electron chi connectivity index (χ2n) is 5.94. The topological polar surface area (TPSA) is 85.9 Å². The van der Waals surface area contributed by atoms with Crippen molar-refractivity contribution >= 4 is 17.7 Å². The van der Waals surface area contributed by atoms with Gasteiger partial charge in [0.15, 0.2) is 0 Å². The Kier molecular flexibility index (Phi) is 5.80. The number of amides is 1. The first-order valence-corrected chi connectivity index (χ1v) is 9.32. The van der Waals surface area contributed by atoms with Gasteiger partial charge < -0.3 is 10.1 Å². The zero-order valence-electron chi connectivity index (χ0n) is 14.7. The summed E-state index contributed by atoms with van der Waals surface area (Å²) in [6.45, 7) is 0. The zero-order chi connectivity index (χ0) is 19.2. The number of hydrogen-bond donors (Lipinski definition) is 1. The summed E-state index contributed by atoms with van der Waals surface area (Å²) in [6.07, 6.45) is 0. The Morgan fingerprint density at radius 3 is 2.48 bits per heavy atom. The first-order chi connectivity index (χ1) is 13.2. The van der Waals surface area contributed by atoms with E-state index >= 15 is 0 Å². The number of nitrogens with one attached hydrogen (secondary N) is 1. The fraction of sp³-hybridized carbons (Fsp3) is 0.190. The summed E-state index contributed by atoms with van der Waals surface area (Å²) in [4.78, 5) is 12.6. The number of allylic oxidation sites excluding steroid dienone is 1. The minimum Gasteiger partial charge on any atom is -0.496 e. The lowest BCUT2D eigenvalue weighted by Gasteiger charge is -2.29. The third-order valence-electron chi connectivity index (χ3n) is 4.37. The summed E-state index contributed by atoms with van der Waals surface area (Å²) in [7, 11) is 1.53. The molecule has 1 aliphatic heterocycles. The summed E-state index contributed by atoms with van der Waals surface area (Å²) in [5.74, 6) is -0.891. The summed E-state index contributed by atoms with van der Waals surface area (Å²) in [5.41, 5.74) is 2.13. The summed E-state index contributed by atoms with van der Waals surface area (Å²) < 4.78 is 5.40. The molecule has 1 aliphatic rings. The van der Waals surface area contributed by atoms with Crippen molar-refractivity contribution in [1.82, 2.24) is 5.32 Å². The predicted molar refractivity (Wildman–Crippen MR) is 103 cm³/mol. The van der Waals surface area contributed by atoms with E-state index in [0.29, 0.717) is 27.7 Å². The molecule has 2 aromatic rings. The number of carbonyl (C=O) groups excluding carboxylic acids is 1. The van der Waals surface area contributed by atoms with Gasteiger partial charge in [-0.2, -0.15) is 10.5 Å². The van der Waals surface area contributed by atoms with Crippen LogP contribution in [0.25, 0.3) is 0 Å². The molecule has 1 heterocycles. The van der Waals surface area contributed by atoms with E-state index in [9.17, 15) is 15.3 Å². The second kappa shape index (κ2) is 8.44. The van der Waals surface area contributed by atoms with Gasteiger partial charge in [-0.05, 0) is 11.6 Å². The molecule has 0 saturated carbocycles. The molecule has 0 aliphatic carbocycles. The van der Waals surface area contributed by atoms with Crippen molar-refractivity contribution in [2.75, 3.05) is 7.11 Å². The smallest absolute Gasteiger partial charge is 0.243 e. The van der Waals surface area contributed by atoms with E-state index < -0.39 is 17.7 Å². The van der Waals surface area contributed by atoms with Crippen molar-refractivity contribution in [3.05, 3.63) is 76.3 Å². The van der Waals surface area contributed by atoms with E-state index in [1.165, 1.54) is 18.9 Å². The molecule has 2 atom stereocenters. The molecule has 0 bridgehead atoms. The highest BCUT2D eigenvalue weighted by Crippen LogP contribution is 2.42. The van der Waals surface area contributed by atoms with Crippen LogP contribution in [0, 0.1) is 28.6 Å². The van der Waals surface area contributed by atoms with Crippen LogP contribution in [-0.4, -0.2) is 13.0 Å². The van der Waals surface area contributed by atoms with Crippen LogP contribution in [0.4, 0.5) is 0 Å². The highest BCUT2D eigenvalue weighted by Gasteiger charge is 2.40. The van der Waals surface area contributed by atoms with Crippen LogP contribution in [-0.2, 0) is 10.5 Å². The molecule has 0 fully saturated rings. The van der Waals surface area contributed by atoms with Crippen LogP contribution in [0.3, 0.4) is 0 Å². The van der Waals surface area contributed by atoms with Gasteiger partial charge in [-0.3, -0.25) is 4.79 Å². The van der Waals surface area contributed by atoms with Crippen molar-refractivity contribution in [2.24, 2.45) is 5.92 Å². The number of methoxy groups -OCH3 is 1. The van der Waals surface area contributed by atoms with Crippen LogP contribution in [0.1, 0.15) is 17.0 Å². The molecule has 0 spiro atoms. The minimum atomic E-state index is -0.989. The molecule has 0 unspecified atom stereocenters. The zero-order valence-corrected chi connectivity index (χ0v) is 15.5. The molecular weight excluding hydrogens is 358 g/mol. The van der Waals surface area contributed by atoms with E-state index in [1.54, 1.807) is 12.1 Å². The highest BCUT2D eigenvalue weighted by molar-refractivity contribution is 8.02. The Morgan fingerprint density at radius 2 is 1.81 bits per heavy atom. The maximum atomic E-state index is 12.6. The Balaban J connectivity index is 2.03. The molecule has 3 rings (SSSR count). The second-order valence-corrected chi connectivity index (χ2v) is 6.93. The van der Waals surface area contributed by atoms with Gasteiger partial charge in [-0.15, -0.1) is 11.8 Å². The molecular formula is C21H17N3O2S. The van der Waals surface area contributed by atoms with Gasteiger partial charge in [-0.25, -0.2) is 0 Å². The summed E-state index contributed by atoms with van der Waals surface area (Å²) >= 11 is 1.39. The lowest BCUT2D eigenvalue weighted by molar-refractivity contribution is -0.123. The number of rotatable bonds is 5. The van der Waals surface area contributed by atoms with Crippen molar-refractivity contribution in [1.29, 1.82) is 10.5 Å². The molecule has 2 aromatic carbocycles. The van der Waals surface area contributed by atoms with E-state index in [1.807, 2.05) is 42.5 Å². The standard InChI is InChI=1S/C21H17N3O2S/c1-26-18-10-6-5-9-15(18)19-16(11-22)20(25)24-21(17(19)12-23)27-13-14-7-3-2-4-8-14/h2-10,16,19H,13H2,1H3,(H,24,25)/t16-,19-/m1/s1. The molecule has 0 saturated heterocycles. The molecule has 0 radical (unpaired) electrons. The van der Waals surface area contributed by atoms with Gasteiger partial charge in [0.1, 0.15) is 11.7 Å². The highest BCUT2D eigenvalue weighted by atomic mass is 32.2. The van der Waals surface area contributed by atoms with E-state index in [-0.39, 0.29) is 0 Å². The maximum absolute atomic E-state index is 12.6. The average molecular weight is 375 g/mol. The Hall–Kier alpha value is -3.22. The monoisotopic (exact) mass is 375 g/mol. The quantitative estimate of drug-likeness (QED) is 0.861. The number of ether oxygens (including phenoxy) is 1. The third-order valence-corrected chi connectivity index (χ3v) is 5.46. The molecule has 1 amide bonds. The van der Waals surface area contributed by atoms with Crippen molar-refractivity contribution in [2.45, 2.75) is 11.7 Å². The largest absolute Gasteiger partial charge is 0.496 e. The normalized spacial score (nSPS) is 19.0. The number of para-hydroxylation sites is 1. The fourth-order valence-corrected chi connectivity index (χ4v) is 4.08. The van der Waals surface area contributed by atoms with Gasteiger partial charge in [0.05, 0.1) is 35.8 Å². The summed E-state index contributed by atoms with van der Waals surface area (Å²) in [6, 6.07) is 21.2. The van der Waals surface area contributed by atoms with Gasteiger partial charge in [0.2, 0.25) is 5.91 Å². The number of benzene rings is 2. The van der Waals surface area contributed by atoms with Crippen LogP contribution < -0.4 is 10.1 Å². The maximum Gasteiger partial charge on any atom is 0.243 e. The van der Waals surface area contributed by atoms with Gasteiger partial charge >= 0.3 is 0 Å². The molecule has 134 valence electrons. The van der Waals surface area contributed by atoms with E-state index in [0.717, 1.165) is 5.56 Å². The number of thioether (sulfide) groups is 1. The molecule has 0 aromatic heterocycles. The summed E-state index contributed by atoms with van der Waals surface area (Å²) in [5, 5.41) is 22.6. The molecule has 6 heteroatoms. The Labute approximate surface area is 162 Å². The van der Waals surface area contributed by atoms with Crippen LogP contribution >= 0.6 is 11.8 Å². The molecule has 27 heavy (non-hydrogen) atoms. The van der Waals surface area contributed by atoms with Crippen molar-refractivity contribution < 1.29 is 9.53 Å². The third kappa shape index (κ3) is 3.81. The van der Waals surface area contributed by atoms with Gasteiger partial charge in [0, 0.05) is 11.3 Å². The van der Waals surface area contributed by atoms with E-state index in [4.69, 9.17) is 4.74 Å². The van der Waals surface area contributed by atoms with Crippen LogP contribution in [0.15, 0.2) is 65.2 Å². The van der Waals surface area contributed by atoms with Crippen molar-refractivity contribution in [3.8, 4) is 17.9 Å². The predicted octanol–water partition coefficient (Wildman–Crippen LogP) is 3.72. The number of nitrogens with zero attached hydrogens (tertiary/aromatic N) is 2. The fourth-order valence-electron chi connectivity index (χ4n) is 3.07. The number of nitriles is 2. The Morgan fingerprint density at radius 1 is 1.11 bits per heavy atom. The first-order valence-electron chi connectivity index (χ1n) is 8.34. The Bertz CT molecular complexity index is 957. The minimum absolute atomic E-state index is 0.381. The lowest BCUT2D eigenvalue weighted by atomic mass is 9.79. The van der Waals surface area contributed by atoms with Crippen LogP contribution in [0.5, 0.6) is 5.75 Å². The van der Waals surface area contributed by atoms with Gasteiger partial charge in [-0.1, -0.05) is 48.5 Å². The molecule has 1 N–H and O–H groups in total. The number of carbonyl (C=O) groups is 1. The van der Waals surface area contributed by atoms with E-state index in [2.05, 4.69) is 17.5 Å². The van der Waals surface area contributed by atoms with Crippen molar-refractivity contribution in [3.63, 3.8) is 0 Å². The SMILES string of the molecule is COc1ccccc1[C@H]1C(C#N)=C(SCc2ccccc2)NC(=O)[C@@H]1C#N.